The van der Waals surface area contributed by atoms with E-state index in [4.69, 9.17) is 20.8 Å². The fraction of sp³-hybridized carbons (Fsp3) is 0.280. The number of carbonyl (C=O) groups is 3. The second kappa shape index (κ2) is 11.1. The van der Waals surface area contributed by atoms with Crippen molar-refractivity contribution in [3.05, 3.63) is 82.5 Å². The van der Waals surface area contributed by atoms with E-state index in [9.17, 15) is 14.4 Å². The molecule has 2 amide bonds. The normalized spacial score (nSPS) is 13.9. The predicted octanol–water partition coefficient (Wildman–Crippen LogP) is 3.03. The highest BCUT2D eigenvalue weighted by Gasteiger charge is 2.26. The zero-order valence-corrected chi connectivity index (χ0v) is 20.0. The summed E-state index contributed by atoms with van der Waals surface area (Å²) in [6.07, 6.45) is 4.22. The summed E-state index contributed by atoms with van der Waals surface area (Å²) >= 11 is 6.46. The van der Waals surface area contributed by atoms with Gasteiger partial charge >= 0.3 is 5.97 Å². The van der Waals surface area contributed by atoms with Crippen molar-refractivity contribution in [2.45, 2.75) is 13.5 Å². The van der Waals surface area contributed by atoms with Gasteiger partial charge in [-0.3, -0.25) is 9.59 Å². The number of piperazine rings is 1. The zero-order valence-electron chi connectivity index (χ0n) is 19.2. The molecule has 10 heteroatoms. The van der Waals surface area contributed by atoms with Crippen LogP contribution in [0.25, 0.3) is 6.08 Å². The third kappa shape index (κ3) is 5.99. The van der Waals surface area contributed by atoms with Crippen molar-refractivity contribution in [3.63, 3.8) is 0 Å². The minimum Gasteiger partial charge on any atom is -0.459 e. The Balaban J connectivity index is 1.25. The van der Waals surface area contributed by atoms with Gasteiger partial charge in [0.25, 0.3) is 11.8 Å². The zero-order chi connectivity index (χ0) is 24.8. The summed E-state index contributed by atoms with van der Waals surface area (Å²) in [6.45, 7) is 3.40. The number of amides is 2. The Hall–Kier alpha value is -3.85. The highest BCUT2D eigenvalue weighted by Crippen LogP contribution is 2.22. The van der Waals surface area contributed by atoms with Gasteiger partial charge in [0.15, 0.2) is 12.4 Å². The molecule has 0 saturated carbocycles. The summed E-state index contributed by atoms with van der Waals surface area (Å²) in [7, 11) is 0. The lowest BCUT2D eigenvalue weighted by Crippen LogP contribution is -2.51. The van der Waals surface area contributed by atoms with E-state index in [0.717, 1.165) is 5.56 Å². The third-order valence-electron chi connectivity index (χ3n) is 5.66. The van der Waals surface area contributed by atoms with Gasteiger partial charge in [-0.1, -0.05) is 41.9 Å². The van der Waals surface area contributed by atoms with E-state index in [2.05, 4.69) is 5.10 Å². The molecule has 0 radical (unpaired) electrons. The van der Waals surface area contributed by atoms with Gasteiger partial charge < -0.3 is 19.0 Å². The fourth-order valence-electron chi connectivity index (χ4n) is 3.76. The molecule has 1 fully saturated rings. The van der Waals surface area contributed by atoms with Crippen LogP contribution in [0.3, 0.4) is 0 Å². The van der Waals surface area contributed by atoms with Crippen LogP contribution in [0.1, 0.15) is 27.4 Å². The first-order valence-corrected chi connectivity index (χ1v) is 11.5. The Labute approximate surface area is 207 Å². The molecular weight excluding hydrogens is 472 g/mol. The van der Waals surface area contributed by atoms with Gasteiger partial charge in [-0.25, -0.2) is 9.48 Å². The van der Waals surface area contributed by atoms with E-state index in [1.54, 1.807) is 33.5 Å². The number of nitrogens with zero attached hydrogens (tertiary/aromatic N) is 4. The Bertz CT molecular complexity index is 1210. The molecule has 9 nitrogen and oxygen atoms in total. The Morgan fingerprint density at radius 2 is 1.77 bits per heavy atom. The number of hydrogen-bond acceptors (Lipinski definition) is 6. The lowest BCUT2D eigenvalue weighted by Gasteiger charge is -2.34. The average molecular weight is 497 g/mol. The number of carbonyl (C=O) groups excluding carboxylic acids is 3. The van der Waals surface area contributed by atoms with Crippen molar-refractivity contribution in [1.29, 1.82) is 0 Å². The average Bonchev–Trinajstić information content (AvgIpc) is 3.50. The van der Waals surface area contributed by atoms with Crippen molar-refractivity contribution < 1.29 is 23.5 Å². The Kier molecular flexibility index (Phi) is 7.67. The molecule has 1 aromatic carbocycles. The van der Waals surface area contributed by atoms with Gasteiger partial charge in [-0.2, -0.15) is 5.10 Å². The van der Waals surface area contributed by atoms with Crippen LogP contribution in [0.4, 0.5) is 0 Å². The topological polar surface area (TPSA) is 97.9 Å². The number of furan rings is 1. The third-order valence-corrected chi connectivity index (χ3v) is 6.06. The van der Waals surface area contributed by atoms with Crippen molar-refractivity contribution in [1.82, 2.24) is 19.6 Å². The summed E-state index contributed by atoms with van der Waals surface area (Å²) in [5.41, 5.74) is 2.34. The van der Waals surface area contributed by atoms with Crippen LogP contribution in [-0.2, 0) is 20.9 Å². The molecule has 1 aliphatic heterocycles. The first kappa shape index (κ1) is 24.3. The maximum atomic E-state index is 12.4. The largest absolute Gasteiger partial charge is 0.459 e. The van der Waals surface area contributed by atoms with Gasteiger partial charge in [0.05, 0.1) is 18.5 Å². The molecule has 0 N–H and O–H groups in total. The molecule has 0 unspecified atom stereocenters. The molecule has 3 heterocycles. The number of halogens is 1. The lowest BCUT2D eigenvalue weighted by molar-refractivity contribution is -0.148. The standard InChI is InChI=1S/C25H25ClN4O5/c1-18-20(24(26)30(27-18)16-19-6-3-2-4-7-19)9-10-23(32)35-17-22(31)28-11-13-29(14-12-28)25(33)21-8-5-15-34-21/h2-10,15H,11-14,16-17H2,1H3. The predicted molar refractivity (Wildman–Crippen MR) is 129 cm³/mol. The molecule has 0 atom stereocenters. The fourth-order valence-corrected chi connectivity index (χ4v) is 4.05. The van der Waals surface area contributed by atoms with Crippen LogP contribution in [0, 0.1) is 6.92 Å². The van der Waals surface area contributed by atoms with Gasteiger partial charge in [0, 0.05) is 37.8 Å². The molecular formula is C25H25ClN4O5. The highest BCUT2D eigenvalue weighted by atomic mass is 35.5. The molecule has 0 bridgehead atoms. The van der Waals surface area contributed by atoms with E-state index >= 15 is 0 Å². The molecule has 0 aliphatic carbocycles. The number of aryl methyl sites for hydroxylation is 1. The maximum Gasteiger partial charge on any atom is 0.331 e. The van der Waals surface area contributed by atoms with Crippen LogP contribution < -0.4 is 0 Å². The van der Waals surface area contributed by atoms with Crippen molar-refractivity contribution in [3.8, 4) is 0 Å². The lowest BCUT2D eigenvalue weighted by atomic mass is 10.2. The van der Waals surface area contributed by atoms with Crippen LogP contribution in [-0.4, -0.2) is 70.1 Å². The molecule has 1 aliphatic rings. The molecule has 1 saturated heterocycles. The van der Waals surface area contributed by atoms with E-state index < -0.39 is 5.97 Å². The van der Waals surface area contributed by atoms with Gasteiger partial charge in [-0.05, 0) is 30.7 Å². The summed E-state index contributed by atoms with van der Waals surface area (Å²) in [5, 5.41) is 4.85. The summed E-state index contributed by atoms with van der Waals surface area (Å²) in [5.74, 6) is -0.913. The molecule has 4 rings (SSSR count). The second-order valence-corrected chi connectivity index (χ2v) is 8.38. The number of hydrogen-bond donors (Lipinski definition) is 0. The number of rotatable bonds is 7. The van der Waals surface area contributed by atoms with Crippen molar-refractivity contribution in [2.24, 2.45) is 0 Å². The molecule has 35 heavy (non-hydrogen) atoms. The summed E-state index contributed by atoms with van der Waals surface area (Å²) in [6, 6.07) is 13.0. The van der Waals surface area contributed by atoms with Crippen LogP contribution in [0.2, 0.25) is 5.15 Å². The van der Waals surface area contributed by atoms with Crippen molar-refractivity contribution >= 4 is 35.5 Å². The molecule has 182 valence electrons. The smallest absolute Gasteiger partial charge is 0.331 e. The summed E-state index contributed by atoms with van der Waals surface area (Å²) in [4.78, 5) is 40.1. The number of aromatic nitrogens is 2. The van der Waals surface area contributed by atoms with E-state index in [1.165, 1.54) is 18.4 Å². The van der Waals surface area contributed by atoms with Gasteiger partial charge in [0.1, 0.15) is 5.15 Å². The second-order valence-electron chi connectivity index (χ2n) is 8.02. The van der Waals surface area contributed by atoms with Gasteiger partial charge in [0.2, 0.25) is 0 Å². The van der Waals surface area contributed by atoms with Crippen molar-refractivity contribution in [2.75, 3.05) is 32.8 Å². The molecule has 2 aromatic heterocycles. The summed E-state index contributed by atoms with van der Waals surface area (Å²) < 4.78 is 11.9. The van der Waals surface area contributed by atoms with E-state index in [-0.39, 0.29) is 24.2 Å². The first-order chi connectivity index (χ1) is 16.9. The Morgan fingerprint density at radius 1 is 1.06 bits per heavy atom. The van der Waals surface area contributed by atoms with Crippen LogP contribution in [0.5, 0.6) is 0 Å². The van der Waals surface area contributed by atoms with E-state index in [1.807, 2.05) is 30.3 Å². The highest BCUT2D eigenvalue weighted by molar-refractivity contribution is 6.31. The number of ether oxygens (including phenoxy) is 1. The van der Waals surface area contributed by atoms with Crippen LogP contribution >= 0.6 is 11.6 Å². The molecule has 0 spiro atoms. The van der Waals surface area contributed by atoms with E-state index in [0.29, 0.717) is 49.1 Å². The number of benzene rings is 1. The SMILES string of the molecule is Cc1nn(Cc2ccccc2)c(Cl)c1C=CC(=O)OCC(=O)N1CCN(C(=O)c2ccco2)CC1. The Morgan fingerprint density at radius 3 is 2.46 bits per heavy atom. The first-order valence-electron chi connectivity index (χ1n) is 11.1. The van der Waals surface area contributed by atoms with Gasteiger partial charge in [-0.15, -0.1) is 0 Å². The quantitative estimate of drug-likeness (QED) is 0.368. The minimum atomic E-state index is -0.656. The minimum absolute atomic E-state index is 0.209. The number of esters is 1. The maximum absolute atomic E-state index is 12.4. The molecule has 3 aromatic rings. The monoisotopic (exact) mass is 496 g/mol. The van der Waals surface area contributed by atoms with Crippen LogP contribution in [0.15, 0.2) is 59.2 Å².